The van der Waals surface area contributed by atoms with Crippen molar-refractivity contribution in [2.24, 2.45) is 5.10 Å². The van der Waals surface area contributed by atoms with Gasteiger partial charge in [0.1, 0.15) is 4.90 Å². The Morgan fingerprint density at radius 1 is 1.03 bits per heavy atom. The topological polar surface area (TPSA) is 120 Å². The van der Waals surface area contributed by atoms with Crippen LogP contribution < -0.4 is 14.3 Å². The van der Waals surface area contributed by atoms with Crippen molar-refractivity contribution in [1.29, 1.82) is 0 Å². The van der Waals surface area contributed by atoms with Crippen LogP contribution in [0.15, 0.2) is 76.7 Å². The number of hydrogen-bond acceptors (Lipinski definition) is 8. The van der Waals surface area contributed by atoms with Gasteiger partial charge in [0.05, 0.1) is 23.9 Å². The predicted octanol–water partition coefficient (Wildman–Crippen LogP) is 4.13. The molecule has 0 atom stereocenters. The van der Waals surface area contributed by atoms with E-state index in [4.69, 9.17) is 8.92 Å². The quantitative estimate of drug-likeness (QED) is 0.241. The zero-order valence-electron chi connectivity index (χ0n) is 16.7. The minimum atomic E-state index is -4.33. The molecule has 3 aromatic rings. The fraction of sp³-hybridized carbons (Fsp3) is 0.0952. The molecule has 9 nitrogen and oxygen atoms in total. The number of methoxy groups -OCH3 is 1. The van der Waals surface area contributed by atoms with Gasteiger partial charge in [0, 0.05) is 12.1 Å². The van der Waals surface area contributed by atoms with Crippen LogP contribution in [0.3, 0.4) is 0 Å². The summed E-state index contributed by atoms with van der Waals surface area (Å²) in [6.45, 7) is 1.52. The number of nitrogens with one attached hydrogen (secondary N) is 1. The first-order valence-corrected chi connectivity index (χ1v) is 10.4. The van der Waals surface area contributed by atoms with Gasteiger partial charge in [0.2, 0.25) is 0 Å². The summed E-state index contributed by atoms with van der Waals surface area (Å²) in [7, 11) is -2.96. The summed E-state index contributed by atoms with van der Waals surface area (Å²) in [6.07, 6.45) is 1.54. The monoisotopic (exact) mass is 441 g/mol. The van der Waals surface area contributed by atoms with E-state index in [1.54, 1.807) is 18.3 Å². The summed E-state index contributed by atoms with van der Waals surface area (Å²) in [6, 6.07) is 17.5. The Balaban J connectivity index is 1.83. The fourth-order valence-corrected chi connectivity index (χ4v) is 3.85. The molecule has 0 heterocycles. The van der Waals surface area contributed by atoms with Gasteiger partial charge in [0.15, 0.2) is 11.5 Å². The smallest absolute Gasteiger partial charge is 0.339 e. The lowest BCUT2D eigenvalue weighted by Crippen LogP contribution is -2.12. The molecule has 1 N–H and O–H groups in total. The number of nitrogens with zero attached hydrogens (tertiary/aromatic N) is 2. The van der Waals surface area contributed by atoms with E-state index in [-0.39, 0.29) is 22.1 Å². The van der Waals surface area contributed by atoms with Crippen LogP contribution in [0.4, 0.5) is 11.4 Å². The Kier molecular flexibility index (Phi) is 6.51. The maximum Gasteiger partial charge on any atom is 0.339 e. The maximum atomic E-state index is 12.7. The van der Waals surface area contributed by atoms with Crippen molar-refractivity contribution >= 4 is 27.7 Å². The lowest BCUT2D eigenvalue weighted by atomic mass is 10.2. The van der Waals surface area contributed by atoms with Crippen LogP contribution in [0.1, 0.15) is 11.1 Å². The molecule has 0 saturated heterocycles. The predicted molar refractivity (Wildman–Crippen MR) is 116 cm³/mol. The highest BCUT2D eigenvalue weighted by atomic mass is 32.2. The molecule has 160 valence electrons. The van der Waals surface area contributed by atoms with Gasteiger partial charge in [-0.15, -0.1) is 0 Å². The third-order valence-corrected chi connectivity index (χ3v) is 5.60. The summed E-state index contributed by atoms with van der Waals surface area (Å²) in [5.74, 6) is 0.108. The molecule has 10 heteroatoms. The first-order chi connectivity index (χ1) is 14.8. The zero-order chi connectivity index (χ0) is 22.4. The van der Waals surface area contributed by atoms with E-state index in [0.29, 0.717) is 11.1 Å². The molecular formula is C21H19N3O6S. The molecule has 0 aliphatic rings. The van der Waals surface area contributed by atoms with Crippen LogP contribution in [0.2, 0.25) is 0 Å². The molecule has 0 spiro atoms. The van der Waals surface area contributed by atoms with Crippen molar-refractivity contribution in [2.45, 2.75) is 11.8 Å². The second-order valence-corrected chi connectivity index (χ2v) is 7.91. The average molecular weight is 441 g/mol. The largest absolute Gasteiger partial charge is 0.493 e. The van der Waals surface area contributed by atoms with Crippen molar-refractivity contribution in [1.82, 2.24) is 0 Å². The van der Waals surface area contributed by atoms with Gasteiger partial charge < -0.3 is 8.92 Å². The van der Waals surface area contributed by atoms with Crippen molar-refractivity contribution in [3.05, 3.63) is 88.0 Å². The summed E-state index contributed by atoms with van der Waals surface area (Å²) in [5.41, 5.74) is 4.29. The number of nitro benzene ring substituents is 1. The lowest BCUT2D eigenvalue weighted by Gasteiger charge is -2.12. The molecule has 0 unspecified atom stereocenters. The third-order valence-electron chi connectivity index (χ3n) is 4.22. The third kappa shape index (κ3) is 5.37. The molecule has 3 aromatic carbocycles. The van der Waals surface area contributed by atoms with Crippen LogP contribution in [-0.2, 0) is 10.1 Å². The number of non-ortho nitro benzene ring substituents is 1. The highest BCUT2D eigenvalue weighted by Gasteiger charge is 2.24. The van der Waals surface area contributed by atoms with Gasteiger partial charge in [-0.1, -0.05) is 24.3 Å². The van der Waals surface area contributed by atoms with Crippen molar-refractivity contribution < 1.29 is 22.3 Å². The summed E-state index contributed by atoms with van der Waals surface area (Å²) < 4.78 is 35.9. The number of nitro groups is 1. The maximum absolute atomic E-state index is 12.7. The molecular weight excluding hydrogens is 422 g/mol. The van der Waals surface area contributed by atoms with Gasteiger partial charge in [-0.25, -0.2) is 0 Å². The first-order valence-electron chi connectivity index (χ1n) is 9.02. The van der Waals surface area contributed by atoms with Gasteiger partial charge in [0.25, 0.3) is 5.69 Å². The van der Waals surface area contributed by atoms with E-state index in [0.717, 1.165) is 11.8 Å². The standard InChI is InChI=1S/C21H19N3O6S/c1-15-8-10-18(24(25)26)13-21(15)31(27,28)30-19-11-9-16(12-20(19)29-2)14-22-23-17-6-4-3-5-7-17/h3-14,23H,1-2H3. The normalized spacial score (nSPS) is 11.3. The van der Waals surface area contributed by atoms with Crippen molar-refractivity contribution in [3.8, 4) is 11.5 Å². The summed E-state index contributed by atoms with van der Waals surface area (Å²) in [4.78, 5) is 10.0. The number of anilines is 1. The molecule has 0 bridgehead atoms. The van der Waals surface area contributed by atoms with Crippen LogP contribution in [-0.4, -0.2) is 26.7 Å². The molecule has 0 saturated carbocycles. The molecule has 0 radical (unpaired) electrons. The SMILES string of the molecule is COc1cc(C=NNc2ccccc2)ccc1OS(=O)(=O)c1cc([N+](=O)[O-])ccc1C. The first kappa shape index (κ1) is 21.8. The molecule has 0 aliphatic carbocycles. The Hall–Kier alpha value is -3.92. The number of hydrogen-bond donors (Lipinski definition) is 1. The van der Waals surface area contributed by atoms with Gasteiger partial charge in [-0.3, -0.25) is 15.5 Å². The number of hydrazone groups is 1. The molecule has 0 fully saturated rings. The van der Waals surface area contributed by atoms with E-state index in [9.17, 15) is 18.5 Å². The van der Waals surface area contributed by atoms with E-state index in [2.05, 4.69) is 10.5 Å². The Labute approximate surface area is 179 Å². The molecule has 0 aromatic heterocycles. The van der Waals surface area contributed by atoms with Crippen molar-refractivity contribution in [2.75, 3.05) is 12.5 Å². The fourth-order valence-electron chi connectivity index (χ4n) is 2.66. The van der Waals surface area contributed by atoms with Gasteiger partial charge in [-0.05, 0) is 48.4 Å². The number of para-hydroxylation sites is 1. The van der Waals surface area contributed by atoms with E-state index in [1.807, 2.05) is 30.3 Å². The molecule has 0 aliphatic heterocycles. The Bertz CT molecular complexity index is 1230. The zero-order valence-corrected chi connectivity index (χ0v) is 17.5. The second kappa shape index (κ2) is 9.26. The average Bonchev–Trinajstić information content (AvgIpc) is 2.75. The summed E-state index contributed by atoms with van der Waals surface area (Å²) >= 11 is 0. The number of rotatable bonds is 8. The van der Waals surface area contributed by atoms with Crippen LogP contribution in [0.25, 0.3) is 0 Å². The molecule has 31 heavy (non-hydrogen) atoms. The van der Waals surface area contributed by atoms with Crippen molar-refractivity contribution in [3.63, 3.8) is 0 Å². The van der Waals surface area contributed by atoms with E-state index in [1.165, 1.54) is 32.2 Å². The lowest BCUT2D eigenvalue weighted by molar-refractivity contribution is -0.385. The Morgan fingerprint density at radius 3 is 2.45 bits per heavy atom. The van der Waals surface area contributed by atoms with Gasteiger partial charge in [-0.2, -0.15) is 13.5 Å². The van der Waals surface area contributed by atoms with Gasteiger partial charge >= 0.3 is 10.1 Å². The molecule has 3 rings (SSSR count). The minimum absolute atomic E-state index is 0.0541. The Morgan fingerprint density at radius 2 is 1.77 bits per heavy atom. The highest BCUT2D eigenvalue weighted by molar-refractivity contribution is 7.87. The minimum Gasteiger partial charge on any atom is -0.493 e. The summed E-state index contributed by atoms with van der Waals surface area (Å²) in [5, 5.41) is 15.1. The van der Waals surface area contributed by atoms with Crippen LogP contribution >= 0.6 is 0 Å². The number of ether oxygens (including phenoxy) is 1. The number of aryl methyl sites for hydroxylation is 1. The van der Waals surface area contributed by atoms with Crippen LogP contribution in [0, 0.1) is 17.0 Å². The highest BCUT2D eigenvalue weighted by Crippen LogP contribution is 2.32. The van der Waals surface area contributed by atoms with E-state index < -0.39 is 15.0 Å². The second-order valence-electron chi connectivity index (χ2n) is 6.39. The number of benzene rings is 3. The van der Waals surface area contributed by atoms with E-state index >= 15 is 0 Å². The molecule has 0 amide bonds. The van der Waals surface area contributed by atoms with Crippen LogP contribution in [0.5, 0.6) is 11.5 Å².